The minimum Gasteiger partial charge on any atom is -0.303 e. The lowest BCUT2D eigenvalue weighted by Gasteiger charge is -2.18. The molecule has 4 heteroatoms. The summed E-state index contributed by atoms with van der Waals surface area (Å²) in [7, 11) is 0. The Bertz CT molecular complexity index is 332. The zero-order valence-electron chi connectivity index (χ0n) is 10.8. The van der Waals surface area contributed by atoms with Gasteiger partial charge in [-0.15, -0.1) is 23.7 Å². The molecule has 1 fully saturated rings. The molecule has 0 atom stereocenters. The number of ketones is 1. The van der Waals surface area contributed by atoms with E-state index in [1.807, 2.05) is 17.5 Å². The lowest BCUT2D eigenvalue weighted by atomic mass is 10.2. The molecule has 1 aliphatic rings. The van der Waals surface area contributed by atoms with Gasteiger partial charge in [0.25, 0.3) is 0 Å². The predicted molar refractivity (Wildman–Crippen MR) is 80.0 cm³/mol. The summed E-state index contributed by atoms with van der Waals surface area (Å²) in [5.74, 6) is 0.315. The van der Waals surface area contributed by atoms with Gasteiger partial charge in [-0.1, -0.05) is 18.9 Å². The Morgan fingerprint density at radius 3 is 2.56 bits per heavy atom. The van der Waals surface area contributed by atoms with Crippen LogP contribution in [0.25, 0.3) is 0 Å². The third-order valence-corrected chi connectivity index (χ3v) is 4.28. The van der Waals surface area contributed by atoms with E-state index in [9.17, 15) is 4.79 Å². The first-order valence-corrected chi connectivity index (χ1v) is 7.53. The quantitative estimate of drug-likeness (QED) is 0.763. The van der Waals surface area contributed by atoms with Crippen molar-refractivity contribution in [2.75, 3.05) is 19.6 Å². The van der Waals surface area contributed by atoms with Crippen LogP contribution >= 0.6 is 23.7 Å². The monoisotopic (exact) mass is 287 g/mol. The van der Waals surface area contributed by atoms with Crippen LogP contribution in [0, 0.1) is 0 Å². The molecule has 0 spiro atoms. The molecule has 1 aromatic rings. The maximum absolute atomic E-state index is 11.8. The van der Waals surface area contributed by atoms with Crippen LogP contribution in [0.4, 0.5) is 0 Å². The van der Waals surface area contributed by atoms with Crippen LogP contribution < -0.4 is 0 Å². The molecule has 0 saturated carbocycles. The van der Waals surface area contributed by atoms with Crippen molar-refractivity contribution in [3.63, 3.8) is 0 Å². The highest BCUT2D eigenvalue weighted by Crippen LogP contribution is 2.14. The average Bonchev–Trinajstić information content (AvgIpc) is 2.75. The third kappa shape index (κ3) is 5.09. The van der Waals surface area contributed by atoms with E-state index in [0.717, 1.165) is 17.8 Å². The van der Waals surface area contributed by atoms with Gasteiger partial charge in [0.1, 0.15) is 0 Å². The second-order valence-electron chi connectivity index (χ2n) is 4.76. The van der Waals surface area contributed by atoms with Crippen molar-refractivity contribution in [3.05, 3.63) is 22.4 Å². The van der Waals surface area contributed by atoms with Gasteiger partial charge in [0, 0.05) is 6.42 Å². The Morgan fingerprint density at radius 2 is 1.94 bits per heavy atom. The van der Waals surface area contributed by atoms with E-state index >= 15 is 0 Å². The fourth-order valence-electron chi connectivity index (χ4n) is 2.38. The molecular weight excluding hydrogens is 266 g/mol. The van der Waals surface area contributed by atoms with Crippen LogP contribution in [0.1, 0.15) is 48.2 Å². The second-order valence-corrected chi connectivity index (χ2v) is 5.71. The van der Waals surface area contributed by atoms with Crippen molar-refractivity contribution < 1.29 is 4.79 Å². The Balaban J connectivity index is 0.00000162. The Morgan fingerprint density at radius 1 is 1.22 bits per heavy atom. The highest BCUT2D eigenvalue weighted by Gasteiger charge is 2.10. The summed E-state index contributed by atoms with van der Waals surface area (Å²) in [4.78, 5) is 15.2. The molecule has 0 aromatic carbocycles. The molecule has 1 saturated heterocycles. The molecule has 0 radical (unpaired) electrons. The minimum atomic E-state index is 0. The van der Waals surface area contributed by atoms with Crippen LogP contribution in [0.15, 0.2) is 17.5 Å². The Hall–Kier alpha value is -0.380. The van der Waals surface area contributed by atoms with Gasteiger partial charge in [-0.3, -0.25) is 4.79 Å². The molecule has 2 nitrogen and oxygen atoms in total. The number of hydrogen-bond acceptors (Lipinski definition) is 3. The van der Waals surface area contributed by atoms with Gasteiger partial charge < -0.3 is 4.90 Å². The Kier molecular flexibility index (Phi) is 7.56. The minimum absolute atomic E-state index is 0. The van der Waals surface area contributed by atoms with Gasteiger partial charge in [-0.25, -0.2) is 0 Å². The molecular formula is C14H22ClNOS. The van der Waals surface area contributed by atoms with Crippen molar-refractivity contribution in [2.24, 2.45) is 0 Å². The van der Waals surface area contributed by atoms with Gasteiger partial charge in [0.05, 0.1) is 4.88 Å². The van der Waals surface area contributed by atoms with Gasteiger partial charge >= 0.3 is 0 Å². The van der Waals surface area contributed by atoms with E-state index in [1.165, 1.54) is 38.8 Å². The molecule has 0 unspecified atom stereocenters. The van der Waals surface area contributed by atoms with Crippen molar-refractivity contribution in [1.29, 1.82) is 0 Å². The standard InChI is InChI=1S/C14H21NOS.ClH/c16-13(14-8-6-12-17-14)7-5-11-15-9-3-1-2-4-10-15;/h6,8,12H,1-5,7,9-11H2;1H. The summed E-state index contributed by atoms with van der Waals surface area (Å²) in [5, 5.41) is 1.97. The van der Waals surface area contributed by atoms with Crippen molar-refractivity contribution in [3.8, 4) is 0 Å². The maximum atomic E-state index is 11.8. The molecule has 2 rings (SSSR count). The molecule has 18 heavy (non-hydrogen) atoms. The molecule has 2 heterocycles. The first-order chi connectivity index (χ1) is 8.36. The van der Waals surface area contributed by atoms with E-state index in [0.29, 0.717) is 12.2 Å². The number of Topliss-reactive ketones (excluding diaryl/α,β-unsaturated/α-hetero) is 1. The van der Waals surface area contributed by atoms with E-state index in [-0.39, 0.29) is 12.4 Å². The van der Waals surface area contributed by atoms with Crippen molar-refractivity contribution in [2.45, 2.75) is 38.5 Å². The zero-order chi connectivity index (χ0) is 11.9. The molecule has 0 aliphatic carbocycles. The summed E-state index contributed by atoms with van der Waals surface area (Å²) in [6, 6.07) is 3.88. The van der Waals surface area contributed by atoms with Crippen LogP contribution in [0.2, 0.25) is 0 Å². The van der Waals surface area contributed by atoms with Crippen LogP contribution in [-0.2, 0) is 0 Å². The van der Waals surface area contributed by atoms with E-state index in [4.69, 9.17) is 0 Å². The topological polar surface area (TPSA) is 20.3 Å². The summed E-state index contributed by atoms with van der Waals surface area (Å²) in [6.45, 7) is 3.55. The summed E-state index contributed by atoms with van der Waals surface area (Å²) < 4.78 is 0. The zero-order valence-corrected chi connectivity index (χ0v) is 12.4. The number of nitrogens with zero attached hydrogens (tertiary/aromatic N) is 1. The van der Waals surface area contributed by atoms with Gasteiger partial charge in [-0.2, -0.15) is 0 Å². The number of carbonyl (C=O) groups is 1. The summed E-state index contributed by atoms with van der Waals surface area (Å²) >= 11 is 1.56. The number of rotatable bonds is 5. The average molecular weight is 288 g/mol. The third-order valence-electron chi connectivity index (χ3n) is 3.37. The predicted octanol–water partition coefficient (Wildman–Crippen LogP) is 4.01. The summed E-state index contributed by atoms with van der Waals surface area (Å²) in [5.41, 5.74) is 0. The SMILES string of the molecule is Cl.O=C(CCCN1CCCCCC1)c1cccs1. The normalized spacial score (nSPS) is 16.9. The fourth-order valence-corrected chi connectivity index (χ4v) is 3.08. The molecule has 0 amide bonds. The van der Waals surface area contributed by atoms with E-state index < -0.39 is 0 Å². The molecule has 0 N–H and O–H groups in total. The largest absolute Gasteiger partial charge is 0.303 e. The molecule has 1 aliphatic heterocycles. The highest BCUT2D eigenvalue weighted by molar-refractivity contribution is 7.12. The highest BCUT2D eigenvalue weighted by atomic mass is 35.5. The number of halogens is 1. The number of thiophene rings is 1. The lowest BCUT2D eigenvalue weighted by Crippen LogP contribution is -2.26. The van der Waals surface area contributed by atoms with Gasteiger partial charge in [0.15, 0.2) is 5.78 Å². The molecule has 1 aromatic heterocycles. The summed E-state index contributed by atoms with van der Waals surface area (Å²) in [6.07, 6.45) is 7.14. The van der Waals surface area contributed by atoms with Crippen LogP contribution in [0.3, 0.4) is 0 Å². The van der Waals surface area contributed by atoms with E-state index in [1.54, 1.807) is 11.3 Å². The first-order valence-electron chi connectivity index (χ1n) is 6.65. The fraction of sp³-hybridized carbons (Fsp3) is 0.643. The van der Waals surface area contributed by atoms with Crippen molar-refractivity contribution >= 4 is 29.5 Å². The molecule has 102 valence electrons. The van der Waals surface area contributed by atoms with Crippen LogP contribution in [0.5, 0.6) is 0 Å². The number of carbonyl (C=O) groups excluding carboxylic acids is 1. The molecule has 0 bridgehead atoms. The maximum Gasteiger partial charge on any atom is 0.172 e. The van der Waals surface area contributed by atoms with Gasteiger partial charge in [0.2, 0.25) is 0 Å². The number of hydrogen-bond donors (Lipinski definition) is 0. The lowest BCUT2D eigenvalue weighted by molar-refractivity contribution is 0.0979. The van der Waals surface area contributed by atoms with Crippen LogP contribution in [-0.4, -0.2) is 30.3 Å². The second kappa shape index (κ2) is 8.68. The van der Waals surface area contributed by atoms with E-state index in [2.05, 4.69) is 4.90 Å². The Labute approximate surface area is 120 Å². The van der Waals surface area contributed by atoms with Crippen molar-refractivity contribution in [1.82, 2.24) is 4.90 Å². The first kappa shape index (κ1) is 15.7. The van der Waals surface area contributed by atoms with Gasteiger partial charge in [-0.05, 0) is 50.3 Å². The smallest absolute Gasteiger partial charge is 0.172 e. The number of likely N-dealkylation sites (tertiary alicyclic amines) is 1.